The number of nitrogens with zero attached hydrogens (tertiary/aromatic N) is 2. The molecule has 1 aliphatic heterocycles. The van der Waals surface area contributed by atoms with E-state index in [9.17, 15) is 4.79 Å². The van der Waals surface area contributed by atoms with Crippen molar-refractivity contribution < 1.29 is 4.79 Å². The zero-order chi connectivity index (χ0) is 15.9. The normalized spacial score (nSPS) is 15.7. The molecule has 0 atom stereocenters. The topological polar surface area (TPSA) is 33.2 Å². The molecule has 23 heavy (non-hydrogen) atoms. The molecule has 1 amide bonds. The molecule has 0 saturated carbocycles. The third-order valence-electron chi connectivity index (χ3n) is 4.60. The van der Waals surface area contributed by atoms with Gasteiger partial charge in [0.1, 0.15) is 0 Å². The minimum Gasteiger partial charge on any atom is -0.343 e. The van der Waals surface area contributed by atoms with Crippen LogP contribution in [0.25, 0.3) is 0 Å². The smallest absolute Gasteiger partial charge is 0.222 e. The second-order valence-corrected chi connectivity index (χ2v) is 7.14. The lowest BCUT2D eigenvalue weighted by molar-refractivity contribution is -0.132. The summed E-state index contributed by atoms with van der Waals surface area (Å²) in [5.41, 5.74) is 1.37. The second-order valence-electron chi connectivity index (χ2n) is 6.22. The first kappa shape index (κ1) is 16.2. The summed E-state index contributed by atoms with van der Waals surface area (Å²) in [6, 6.07) is 10.5. The Morgan fingerprint density at radius 1 is 1.17 bits per heavy atom. The Balaban J connectivity index is 1.35. The average Bonchev–Trinajstić information content (AvgIpc) is 3.14. The van der Waals surface area contributed by atoms with Gasteiger partial charge in [0.05, 0.1) is 5.01 Å². The number of rotatable bonds is 6. The molecule has 1 aromatic carbocycles. The highest BCUT2D eigenvalue weighted by Crippen LogP contribution is 2.29. The zero-order valence-electron chi connectivity index (χ0n) is 13.5. The molecule has 3 rings (SSSR count). The van der Waals surface area contributed by atoms with Gasteiger partial charge >= 0.3 is 0 Å². The molecule has 122 valence electrons. The number of thiazole rings is 1. The molecule has 2 heterocycles. The molecular formula is C19H24N2OS. The van der Waals surface area contributed by atoms with Crippen molar-refractivity contribution in [3.05, 3.63) is 52.5 Å². The first-order valence-electron chi connectivity index (χ1n) is 8.54. The Hall–Kier alpha value is -1.68. The molecular weight excluding hydrogens is 304 g/mol. The van der Waals surface area contributed by atoms with E-state index in [0.29, 0.717) is 18.2 Å². The van der Waals surface area contributed by atoms with Gasteiger partial charge in [-0.05, 0) is 37.7 Å². The van der Waals surface area contributed by atoms with Crippen molar-refractivity contribution in [3.63, 3.8) is 0 Å². The highest BCUT2D eigenvalue weighted by Gasteiger charge is 2.24. The molecule has 0 bridgehead atoms. The van der Waals surface area contributed by atoms with E-state index >= 15 is 0 Å². The van der Waals surface area contributed by atoms with Crippen molar-refractivity contribution in [3.8, 4) is 0 Å². The van der Waals surface area contributed by atoms with Crippen LogP contribution < -0.4 is 0 Å². The van der Waals surface area contributed by atoms with Crippen LogP contribution >= 0.6 is 11.3 Å². The monoisotopic (exact) mass is 328 g/mol. The minimum absolute atomic E-state index is 0.329. The predicted octanol–water partition coefficient (Wildman–Crippen LogP) is 4.26. The van der Waals surface area contributed by atoms with Gasteiger partial charge in [0, 0.05) is 37.0 Å². The summed E-state index contributed by atoms with van der Waals surface area (Å²) in [6.07, 6.45) is 7.83. The number of amides is 1. The number of carbonyl (C=O) groups excluding carboxylic acids is 1. The molecule has 1 fully saturated rings. The lowest BCUT2D eigenvalue weighted by Crippen LogP contribution is -2.37. The van der Waals surface area contributed by atoms with Gasteiger partial charge < -0.3 is 4.90 Å². The predicted molar refractivity (Wildman–Crippen MR) is 94.7 cm³/mol. The number of benzene rings is 1. The Kier molecular flexibility index (Phi) is 5.81. The number of aromatic nitrogens is 1. The van der Waals surface area contributed by atoms with Crippen LogP contribution in [-0.2, 0) is 11.2 Å². The van der Waals surface area contributed by atoms with E-state index in [0.717, 1.165) is 45.2 Å². The first-order chi connectivity index (χ1) is 11.3. The molecule has 0 N–H and O–H groups in total. The largest absolute Gasteiger partial charge is 0.343 e. The number of likely N-dealkylation sites (tertiary alicyclic amines) is 1. The number of carbonyl (C=O) groups is 1. The zero-order valence-corrected chi connectivity index (χ0v) is 14.3. The highest BCUT2D eigenvalue weighted by atomic mass is 32.1. The van der Waals surface area contributed by atoms with Crippen molar-refractivity contribution in [2.24, 2.45) is 0 Å². The van der Waals surface area contributed by atoms with Crippen LogP contribution in [0.3, 0.4) is 0 Å². The minimum atomic E-state index is 0.329. The van der Waals surface area contributed by atoms with Crippen LogP contribution in [0.2, 0.25) is 0 Å². The quantitative estimate of drug-likeness (QED) is 0.742. The van der Waals surface area contributed by atoms with Crippen LogP contribution in [0.4, 0.5) is 0 Å². The van der Waals surface area contributed by atoms with Gasteiger partial charge in [-0.3, -0.25) is 4.79 Å². The Bertz CT molecular complexity index is 589. The molecule has 0 aliphatic carbocycles. The van der Waals surface area contributed by atoms with Gasteiger partial charge in [-0.1, -0.05) is 30.3 Å². The van der Waals surface area contributed by atoms with Gasteiger partial charge in [-0.25, -0.2) is 4.98 Å². The molecule has 0 unspecified atom stereocenters. The third-order valence-corrected chi connectivity index (χ3v) is 5.54. The van der Waals surface area contributed by atoms with Crippen molar-refractivity contribution in [1.82, 2.24) is 9.88 Å². The molecule has 2 aromatic rings. The first-order valence-corrected chi connectivity index (χ1v) is 9.42. The van der Waals surface area contributed by atoms with Gasteiger partial charge in [-0.15, -0.1) is 11.3 Å². The number of piperidine rings is 1. The highest BCUT2D eigenvalue weighted by molar-refractivity contribution is 7.09. The van der Waals surface area contributed by atoms with E-state index in [4.69, 9.17) is 0 Å². The van der Waals surface area contributed by atoms with E-state index < -0.39 is 0 Å². The van der Waals surface area contributed by atoms with Gasteiger partial charge in [0.15, 0.2) is 0 Å². The van der Waals surface area contributed by atoms with Crippen molar-refractivity contribution in [2.75, 3.05) is 13.1 Å². The number of unbranched alkanes of at least 4 members (excludes halogenated alkanes) is 1. The van der Waals surface area contributed by atoms with E-state index in [1.54, 1.807) is 11.3 Å². The van der Waals surface area contributed by atoms with E-state index in [1.807, 2.05) is 22.5 Å². The fraction of sp³-hybridized carbons (Fsp3) is 0.474. The third kappa shape index (κ3) is 4.64. The molecule has 1 aromatic heterocycles. The van der Waals surface area contributed by atoms with Gasteiger partial charge in [0.25, 0.3) is 0 Å². The average molecular weight is 328 g/mol. The van der Waals surface area contributed by atoms with Gasteiger partial charge in [-0.2, -0.15) is 0 Å². The Morgan fingerprint density at radius 3 is 2.65 bits per heavy atom. The Morgan fingerprint density at radius 2 is 1.96 bits per heavy atom. The van der Waals surface area contributed by atoms with Crippen LogP contribution in [0.5, 0.6) is 0 Å². The summed E-state index contributed by atoms with van der Waals surface area (Å²) < 4.78 is 0. The molecule has 1 saturated heterocycles. The molecule has 4 heteroatoms. The summed E-state index contributed by atoms with van der Waals surface area (Å²) in [6.45, 7) is 1.78. The molecule has 3 nitrogen and oxygen atoms in total. The summed E-state index contributed by atoms with van der Waals surface area (Å²) >= 11 is 1.74. The van der Waals surface area contributed by atoms with E-state index in [1.165, 1.54) is 10.6 Å². The second kappa shape index (κ2) is 8.25. The van der Waals surface area contributed by atoms with Crippen LogP contribution in [0, 0.1) is 0 Å². The van der Waals surface area contributed by atoms with E-state index in [2.05, 4.69) is 29.2 Å². The maximum atomic E-state index is 12.3. The molecule has 0 radical (unpaired) electrons. The SMILES string of the molecule is O=C(CCCCc1ccccc1)N1CCC(c2nccs2)CC1. The summed E-state index contributed by atoms with van der Waals surface area (Å²) in [4.78, 5) is 18.8. The van der Waals surface area contributed by atoms with Crippen LogP contribution in [0.1, 0.15) is 48.6 Å². The lowest BCUT2D eigenvalue weighted by Gasteiger charge is -2.31. The van der Waals surface area contributed by atoms with Crippen molar-refractivity contribution >= 4 is 17.2 Å². The maximum Gasteiger partial charge on any atom is 0.222 e. The fourth-order valence-corrected chi connectivity index (χ4v) is 4.03. The number of aryl methyl sites for hydroxylation is 1. The fourth-order valence-electron chi connectivity index (χ4n) is 3.22. The van der Waals surface area contributed by atoms with Crippen LogP contribution in [-0.4, -0.2) is 28.9 Å². The van der Waals surface area contributed by atoms with Crippen molar-refractivity contribution in [1.29, 1.82) is 0 Å². The standard InChI is InChI=1S/C19H24N2OS/c22-18(9-5-4-8-16-6-2-1-3-7-16)21-13-10-17(11-14-21)19-20-12-15-23-19/h1-3,6-7,12,15,17H,4-5,8-11,13-14H2. The lowest BCUT2D eigenvalue weighted by atomic mass is 9.97. The van der Waals surface area contributed by atoms with Gasteiger partial charge in [0.2, 0.25) is 5.91 Å². The number of hydrogen-bond acceptors (Lipinski definition) is 3. The molecule has 1 aliphatic rings. The number of hydrogen-bond donors (Lipinski definition) is 0. The summed E-state index contributed by atoms with van der Waals surface area (Å²) in [5.74, 6) is 0.882. The Labute approximate surface area is 142 Å². The van der Waals surface area contributed by atoms with Crippen molar-refractivity contribution in [2.45, 2.75) is 44.4 Å². The maximum absolute atomic E-state index is 12.3. The molecule has 0 spiro atoms. The summed E-state index contributed by atoms with van der Waals surface area (Å²) in [5, 5.41) is 3.28. The summed E-state index contributed by atoms with van der Waals surface area (Å²) in [7, 11) is 0. The van der Waals surface area contributed by atoms with E-state index in [-0.39, 0.29) is 0 Å². The van der Waals surface area contributed by atoms with Crippen LogP contribution in [0.15, 0.2) is 41.9 Å².